The van der Waals surface area contributed by atoms with Crippen LogP contribution in [0.3, 0.4) is 0 Å². The highest BCUT2D eigenvalue weighted by Crippen LogP contribution is 2.25. The van der Waals surface area contributed by atoms with E-state index in [-0.39, 0.29) is 22.4 Å². The van der Waals surface area contributed by atoms with E-state index in [2.05, 4.69) is 19.9 Å². The summed E-state index contributed by atoms with van der Waals surface area (Å²) in [6.07, 6.45) is 5.78. The van der Waals surface area contributed by atoms with Gasteiger partial charge in [-0.1, -0.05) is 17.7 Å². The third kappa shape index (κ3) is 3.99. The molecule has 2 aromatic heterocycles. The molecule has 2 aliphatic rings. The molecule has 2 saturated heterocycles. The van der Waals surface area contributed by atoms with Crippen LogP contribution >= 0.6 is 11.6 Å². The van der Waals surface area contributed by atoms with E-state index in [0.29, 0.717) is 18.8 Å². The van der Waals surface area contributed by atoms with Gasteiger partial charge in [-0.05, 0) is 25.3 Å². The summed E-state index contributed by atoms with van der Waals surface area (Å²) < 4.78 is 7.02. The first-order valence-electron chi connectivity index (χ1n) is 9.66. The lowest BCUT2D eigenvalue weighted by molar-refractivity contribution is -0.0424. The highest BCUT2D eigenvalue weighted by Gasteiger charge is 2.24. The molecule has 1 N–H and O–H groups in total. The molecule has 0 aromatic carbocycles. The lowest BCUT2D eigenvalue weighted by Crippen LogP contribution is -2.47. The molecular weight excluding hydrogens is 382 g/mol. The van der Waals surface area contributed by atoms with Crippen molar-refractivity contribution in [2.45, 2.75) is 32.0 Å². The summed E-state index contributed by atoms with van der Waals surface area (Å²) in [5, 5.41) is 4.52. The third-order valence-electron chi connectivity index (χ3n) is 5.36. The molecule has 28 heavy (non-hydrogen) atoms. The van der Waals surface area contributed by atoms with Gasteiger partial charge in [0.05, 0.1) is 11.9 Å². The van der Waals surface area contributed by atoms with Crippen LogP contribution in [0, 0.1) is 0 Å². The van der Waals surface area contributed by atoms with Gasteiger partial charge < -0.3 is 14.6 Å². The van der Waals surface area contributed by atoms with Crippen LogP contribution in [0.4, 0.5) is 5.69 Å². The standard InChI is InChI=1S/C19H24ClN5O3/c20-17-15(12-22-25(19(17)27)16-5-1-2-11-28-16)24-9-7-23(8-10-24)13-14-4-3-6-21-18(14)26/h3-4,6,12,16H,1-2,5,7-11,13H2,(H,21,26). The molecule has 0 bridgehead atoms. The molecule has 0 spiro atoms. The van der Waals surface area contributed by atoms with Gasteiger partial charge in [-0.3, -0.25) is 14.5 Å². The SMILES string of the molecule is O=c1[nH]cccc1CN1CCN(c2cnn(C3CCCCO3)c(=O)c2Cl)CC1. The molecule has 2 aliphatic heterocycles. The van der Waals surface area contributed by atoms with Crippen molar-refractivity contribution < 1.29 is 4.74 Å². The number of rotatable bonds is 4. The minimum absolute atomic E-state index is 0.0503. The number of anilines is 1. The van der Waals surface area contributed by atoms with E-state index < -0.39 is 0 Å². The van der Waals surface area contributed by atoms with Crippen LogP contribution in [0.5, 0.6) is 0 Å². The van der Waals surface area contributed by atoms with Gasteiger partial charge in [0, 0.05) is 51.1 Å². The van der Waals surface area contributed by atoms with E-state index in [9.17, 15) is 9.59 Å². The van der Waals surface area contributed by atoms with E-state index in [4.69, 9.17) is 16.3 Å². The van der Waals surface area contributed by atoms with Gasteiger partial charge in [0.25, 0.3) is 11.1 Å². The first-order valence-corrected chi connectivity index (χ1v) is 10.0. The average Bonchev–Trinajstić information content (AvgIpc) is 2.73. The van der Waals surface area contributed by atoms with Crippen molar-refractivity contribution in [2.75, 3.05) is 37.7 Å². The zero-order valence-electron chi connectivity index (χ0n) is 15.6. The molecule has 0 saturated carbocycles. The van der Waals surface area contributed by atoms with Gasteiger partial charge >= 0.3 is 0 Å². The topological polar surface area (TPSA) is 83.5 Å². The third-order valence-corrected chi connectivity index (χ3v) is 5.72. The van der Waals surface area contributed by atoms with Crippen molar-refractivity contribution in [3.05, 3.63) is 55.8 Å². The van der Waals surface area contributed by atoms with Gasteiger partial charge in [-0.2, -0.15) is 9.78 Å². The number of aromatic nitrogens is 3. The zero-order valence-corrected chi connectivity index (χ0v) is 16.4. The van der Waals surface area contributed by atoms with Crippen LogP contribution in [-0.4, -0.2) is 52.5 Å². The number of nitrogens with zero attached hydrogens (tertiary/aromatic N) is 4. The molecule has 8 nitrogen and oxygen atoms in total. The molecule has 9 heteroatoms. The highest BCUT2D eigenvalue weighted by molar-refractivity contribution is 6.33. The van der Waals surface area contributed by atoms with Crippen molar-refractivity contribution in [2.24, 2.45) is 0 Å². The van der Waals surface area contributed by atoms with Crippen molar-refractivity contribution in [1.29, 1.82) is 0 Å². The smallest absolute Gasteiger partial charge is 0.290 e. The Morgan fingerprint density at radius 2 is 2.04 bits per heavy atom. The number of aromatic amines is 1. The number of ether oxygens (including phenoxy) is 1. The Morgan fingerprint density at radius 1 is 1.21 bits per heavy atom. The summed E-state index contributed by atoms with van der Waals surface area (Å²) in [4.78, 5) is 31.5. The molecule has 1 atom stereocenters. The fourth-order valence-corrected chi connectivity index (χ4v) is 4.00. The summed E-state index contributed by atoms with van der Waals surface area (Å²) in [7, 11) is 0. The Hall–Kier alpha value is -2.16. The molecule has 2 aromatic rings. The monoisotopic (exact) mass is 405 g/mol. The molecule has 4 rings (SSSR count). The number of halogens is 1. The van der Waals surface area contributed by atoms with Gasteiger partial charge in [0.1, 0.15) is 5.02 Å². The number of hydrogen-bond donors (Lipinski definition) is 1. The Kier molecular flexibility index (Phi) is 5.79. The summed E-state index contributed by atoms with van der Waals surface area (Å²) in [5.74, 6) is 0. The second-order valence-electron chi connectivity index (χ2n) is 7.20. The predicted molar refractivity (Wildman–Crippen MR) is 107 cm³/mol. The number of piperazine rings is 1. The van der Waals surface area contributed by atoms with E-state index in [1.807, 2.05) is 12.1 Å². The summed E-state index contributed by atoms with van der Waals surface area (Å²) in [6, 6.07) is 3.68. The van der Waals surface area contributed by atoms with E-state index in [1.165, 1.54) is 4.68 Å². The van der Waals surface area contributed by atoms with E-state index in [0.717, 1.165) is 51.0 Å². The average molecular weight is 406 g/mol. The molecule has 4 heterocycles. The molecule has 0 aliphatic carbocycles. The predicted octanol–water partition coefficient (Wildman–Crippen LogP) is 1.61. The Balaban J connectivity index is 1.43. The molecule has 2 fully saturated rings. The fourth-order valence-electron chi connectivity index (χ4n) is 3.75. The first kappa shape index (κ1) is 19.2. The molecule has 0 radical (unpaired) electrons. The lowest BCUT2D eigenvalue weighted by Gasteiger charge is -2.36. The second-order valence-corrected chi connectivity index (χ2v) is 7.58. The maximum atomic E-state index is 12.7. The molecular formula is C19H24ClN5O3. The number of pyridine rings is 1. The van der Waals surface area contributed by atoms with Gasteiger partial charge in [-0.15, -0.1) is 0 Å². The van der Waals surface area contributed by atoms with Gasteiger partial charge in [0.15, 0.2) is 6.23 Å². The molecule has 1 unspecified atom stereocenters. The number of hydrogen-bond acceptors (Lipinski definition) is 6. The van der Waals surface area contributed by atoms with Crippen molar-refractivity contribution >= 4 is 17.3 Å². The fraction of sp³-hybridized carbons (Fsp3) is 0.526. The van der Waals surface area contributed by atoms with Crippen LogP contribution < -0.4 is 16.0 Å². The Labute approximate surface area is 167 Å². The Morgan fingerprint density at radius 3 is 2.75 bits per heavy atom. The second kappa shape index (κ2) is 8.46. The summed E-state index contributed by atoms with van der Waals surface area (Å²) in [6.45, 7) is 4.24. The van der Waals surface area contributed by atoms with Crippen LogP contribution in [0.1, 0.15) is 31.1 Å². The maximum Gasteiger partial charge on any atom is 0.290 e. The van der Waals surface area contributed by atoms with Gasteiger partial charge in [-0.25, -0.2) is 0 Å². The lowest BCUT2D eigenvalue weighted by atomic mass is 10.2. The number of H-pyrrole nitrogens is 1. The zero-order chi connectivity index (χ0) is 19.5. The molecule has 0 amide bonds. The van der Waals surface area contributed by atoms with Crippen LogP contribution in [0.25, 0.3) is 0 Å². The highest BCUT2D eigenvalue weighted by atomic mass is 35.5. The maximum absolute atomic E-state index is 12.7. The number of nitrogens with one attached hydrogen (secondary N) is 1. The normalized spacial score (nSPS) is 21.0. The van der Waals surface area contributed by atoms with Gasteiger partial charge in [0.2, 0.25) is 0 Å². The van der Waals surface area contributed by atoms with Crippen molar-refractivity contribution in [3.63, 3.8) is 0 Å². The largest absolute Gasteiger partial charge is 0.366 e. The van der Waals surface area contributed by atoms with Crippen LogP contribution in [-0.2, 0) is 11.3 Å². The van der Waals surface area contributed by atoms with Crippen molar-refractivity contribution in [1.82, 2.24) is 19.7 Å². The molecule has 150 valence electrons. The van der Waals surface area contributed by atoms with Crippen LogP contribution in [0.2, 0.25) is 5.02 Å². The van der Waals surface area contributed by atoms with E-state index in [1.54, 1.807) is 12.4 Å². The minimum Gasteiger partial charge on any atom is -0.366 e. The van der Waals surface area contributed by atoms with Crippen molar-refractivity contribution in [3.8, 4) is 0 Å². The minimum atomic E-state index is -0.325. The Bertz CT molecular complexity index is 930. The first-order chi connectivity index (χ1) is 13.6. The summed E-state index contributed by atoms with van der Waals surface area (Å²) in [5.41, 5.74) is 1.07. The quantitative estimate of drug-likeness (QED) is 0.832. The summed E-state index contributed by atoms with van der Waals surface area (Å²) >= 11 is 6.41. The van der Waals surface area contributed by atoms with Crippen LogP contribution in [0.15, 0.2) is 34.1 Å². The van der Waals surface area contributed by atoms with E-state index >= 15 is 0 Å².